The predicted octanol–water partition coefficient (Wildman–Crippen LogP) is -3.52. The smallest absolute Gasteiger partial charge is 0.326 e. The van der Waals surface area contributed by atoms with Crippen LogP contribution in [-0.2, 0) is 56.0 Å². The molecule has 7 amide bonds. The maximum Gasteiger partial charge on any atom is 0.326 e. The summed E-state index contributed by atoms with van der Waals surface area (Å²) in [6, 6.07) is 0.0933. The summed E-state index contributed by atoms with van der Waals surface area (Å²) in [5.74, 6) is -11.0. The highest BCUT2D eigenvalue weighted by molar-refractivity contribution is 5.98. The molecule has 352 valence electrons. The van der Waals surface area contributed by atoms with Gasteiger partial charge in [-0.25, -0.2) is 4.79 Å². The molecule has 23 heteroatoms. The Morgan fingerprint density at radius 2 is 0.984 bits per heavy atom. The normalized spacial score (nSPS) is 14.3. The maximum atomic E-state index is 13.9. The molecule has 0 aliphatic heterocycles. The number of benzene rings is 2. The van der Waals surface area contributed by atoms with Crippen molar-refractivity contribution in [1.82, 2.24) is 37.2 Å². The molecule has 64 heavy (non-hydrogen) atoms. The van der Waals surface area contributed by atoms with Crippen LogP contribution in [0.2, 0.25) is 0 Å². The molecule has 0 spiro atoms. The van der Waals surface area contributed by atoms with Gasteiger partial charge in [-0.3, -0.25) is 38.4 Å². The molecule has 15 N–H and O–H groups in total. The lowest BCUT2D eigenvalue weighted by molar-refractivity contribution is -0.142. The molecule has 0 unspecified atom stereocenters. The summed E-state index contributed by atoms with van der Waals surface area (Å²) in [7, 11) is 0. The first-order chi connectivity index (χ1) is 30.0. The fourth-order valence-corrected chi connectivity index (χ4v) is 5.92. The first-order valence-electron chi connectivity index (χ1n) is 20.1. The second kappa shape index (κ2) is 25.9. The monoisotopic (exact) mass is 902 g/mol. The van der Waals surface area contributed by atoms with Crippen molar-refractivity contribution in [2.75, 3.05) is 19.8 Å². The molecular weight excluding hydrogens is 844 g/mol. The molecule has 2 rings (SSSR count). The molecule has 0 saturated carbocycles. The Labute approximate surface area is 367 Å². The van der Waals surface area contributed by atoms with E-state index in [9.17, 15) is 73.8 Å². The number of rotatable bonds is 26. The van der Waals surface area contributed by atoms with Crippen molar-refractivity contribution in [2.45, 2.75) is 95.7 Å². The number of aliphatic carboxylic acids is 2. The van der Waals surface area contributed by atoms with Crippen LogP contribution >= 0.6 is 0 Å². The van der Waals surface area contributed by atoms with Gasteiger partial charge in [0.25, 0.3) is 0 Å². The summed E-state index contributed by atoms with van der Waals surface area (Å²) in [5.41, 5.74) is 6.44. The van der Waals surface area contributed by atoms with E-state index < -0.39 is 128 Å². The largest absolute Gasteiger partial charge is 0.508 e. The first kappa shape index (κ1) is 53.3. The topological polar surface area (TPSA) is 385 Å². The summed E-state index contributed by atoms with van der Waals surface area (Å²) >= 11 is 0. The lowest BCUT2D eigenvalue weighted by atomic mass is 10.0. The Kier molecular flexibility index (Phi) is 21.6. The van der Waals surface area contributed by atoms with Crippen molar-refractivity contribution in [3.8, 4) is 11.5 Å². The van der Waals surface area contributed by atoms with Gasteiger partial charge in [0.2, 0.25) is 41.4 Å². The van der Waals surface area contributed by atoms with E-state index >= 15 is 0 Å². The molecule has 0 saturated heterocycles. The van der Waals surface area contributed by atoms with Gasteiger partial charge < -0.3 is 73.6 Å². The van der Waals surface area contributed by atoms with E-state index in [0.717, 1.165) is 0 Å². The van der Waals surface area contributed by atoms with Crippen LogP contribution in [0.5, 0.6) is 11.5 Å². The number of carbonyl (C=O) groups is 9. The first-order valence-corrected chi connectivity index (χ1v) is 20.1. The van der Waals surface area contributed by atoms with E-state index in [4.69, 9.17) is 5.73 Å². The zero-order chi connectivity index (χ0) is 48.3. The molecule has 23 nitrogen and oxygen atoms in total. The zero-order valence-electron chi connectivity index (χ0n) is 35.7. The third-order valence-corrected chi connectivity index (χ3v) is 9.39. The van der Waals surface area contributed by atoms with Gasteiger partial charge in [0, 0.05) is 12.8 Å². The van der Waals surface area contributed by atoms with Crippen molar-refractivity contribution in [2.24, 2.45) is 17.6 Å². The van der Waals surface area contributed by atoms with E-state index in [0.29, 0.717) is 11.1 Å². The summed E-state index contributed by atoms with van der Waals surface area (Å²) < 4.78 is 0. The lowest BCUT2D eigenvalue weighted by Gasteiger charge is -2.27. The van der Waals surface area contributed by atoms with Crippen molar-refractivity contribution in [3.63, 3.8) is 0 Å². The minimum absolute atomic E-state index is 0.0727. The average Bonchev–Trinajstić information content (AvgIpc) is 3.23. The average molecular weight is 903 g/mol. The fourth-order valence-electron chi connectivity index (χ4n) is 5.92. The van der Waals surface area contributed by atoms with E-state index in [2.05, 4.69) is 37.2 Å². The molecule has 0 heterocycles. The number of aromatic hydroxyl groups is 2. The highest BCUT2D eigenvalue weighted by Crippen LogP contribution is 2.14. The van der Waals surface area contributed by atoms with E-state index in [-0.39, 0.29) is 36.7 Å². The zero-order valence-corrected chi connectivity index (χ0v) is 35.7. The van der Waals surface area contributed by atoms with Gasteiger partial charge in [-0.05, 0) is 53.6 Å². The van der Waals surface area contributed by atoms with Gasteiger partial charge in [0.05, 0.1) is 26.2 Å². The summed E-state index contributed by atoms with van der Waals surface area (Å²) in [5, 5.41) is 74.3. The quantitative estimate of drug-likeness (QED) is 0.0435. The number of nitrogens with two attached hydrogens (primary N) is 1. The van der Waals surface area contributed by atoms with Gasteiger partial charge in [-0.1, -0.05) is 52.0 Å². The molecule has 0 fully saturated rings. The number of aliphatic hydroxyl groups excluding tert-OH is 2. The molecular formula is C41H58N8O15. The molecule has 7 atom stereocenters. The number of carboxylic acid groups (broad SMARTS) is 2. The van der Waals surface area contributed by atoms with Crippen LogP contribution in [0.4, 0.5) is 0 Å². The molecule has 2 aromatic rings. The summed E-state index contributed by atoms with van der Waals surface area (Å²) in [6.45, 7) is 4.05. The number of carbonyl (C=O) groups excluding carboxylic acids is 7. The minimum Gasteiger partial charge on any atom is -0.508 e. The Morgan fingerprint density at radius 3 is 1.41 bits per heavy atom. The molecule has 2 aromatic carbocycles. The van der Waals surface area contributed by atoms with Gasteiger partial charge in [-0.15, -0.1) is 0 Å². The van der Waals surface area contributed by atoms with Crippen LogP contribution < -0.4 is 43.0 Å². The van der Waals surface area contributed by atoms with E-state index in [1.807, 2.05) is 0 Å². The molecule has 0 aliphatic rings. The third kappa shape index (κ3) is 18.2. The van der Waals surface area contributed by atoms with E-state index in [1.165, 1.54) is 62.4 Å². The van der Waals surface area contributed by atoms with Crippen LogP contribution in [0.25, 0.3) is 0 Å². The SMILES string of the molecule is CC(C)C[C@H](NC(=O)CNC(=O)[C@@H](NC(=O)[C@H](CO)NC(=O)[C@H](CC(=O)O)NC(=O)[C@H](Cc1ccc(O)cc1)NC(=O)[C@H](Cc1ccc(O)cc1)NC(=O)[C@@H](N)CO)C(C)C)C(=O)O. The number of phenols is 2. The van der Waals surface area contributed by atoms with Crippen molar-refractivity contribution in [1.29, 1.82) is 0 Å². The number of hydrogen-bond donors (Lipinski definition) is 14. The van der Waals surface area contributed by atoms with Crippen LogP contribution in [-0.4, -0.2) is 146 Å². The summed E-state index contributed by atoms with van der Waals surface area (Å²) in [4.78, 5) is 116. The van der Waals surface area contributed by atoms with Crippen molar-refractivity contribution in [3.05, 3.63) is 59.7 Å². The predicted molar refractivity (Wildman–Crippen MR) is 225 cm³/mol. The Balaban J connectivity index is 2.31. The molecule has 0 radical (unpaired) electrons. The second-order valence-electron chi connectivity index (χ2n) is 15.6. The Morgan fingerprint density at radius 1 is 0.547 bits per heavy atom. The van der Waals surface area contributed by atoms with Crippen LogP contribution in [0.3, 0.4) is 0 Å². The minimum atomic E-state index is -1.95. The Bertz CT molecular complexity index is 1950. The van der Waals surface area contributed by atoms with Crippen LogP contribution in [0.15, 0.2) is 48.5 Å². The highest BCUT2D eigenvalue weighted by atomic mass is 16.4. The number of nitrogens with one attached hydrogen (secondary N) is 7. The third-order valence-electron chi connectivity index (χ3n) is 9.39. The highest BCUT2D eigenvalue weighted by Gasteiger charge is 2.35. The maximum absolute atomic E-state index is 13.9. The van der Waals surface area contributed by atoms with Gasteiger partial charge in [-0.2, -0.15) is 0 Å². The number of phenolic OH excluding ortho intramolecular Hbond substituents is 2. The van der Waals surface area contributed by atoms with Gasteiger partial charge in [0.15, 0.2) is 0 Å². The second-order valence-corrected chi connectivity index (χ2v) is 15.6. The van der Waals surface area contributed by atoms with Crippen LogP contribution in [0.1, 0.15) is 51.7 Å². The van der Waals surface area contributed by atoms with Gasteiger partial charge >= 0.3 is 11.9 Å². The Hall–Kier alpha value is -6.85. The molecule has 0 aliphatic carbocycles. The molecule has 0 bridgehead atoms. The van der Waals surface area contributed by atoms with E-state index in [1.54, 1.807) is 13.8 Å². The van der Waals surface area contributed by atoms with Crippen molar-refractivity contribution >= 4 is 53.3 Å². The lowest BCUT2D eigenvalue weighted by Crippen LogP contribution is -2.61. The van der Waals surface area contributed by atoms with Crippen LogP contribution in [0, 0.1) is 11.8 Å². The van der Waals surface area contributed by atoms with Crippen molar-refractivity contribution < 1.29 is 73.8 Å². The number of carboxylic acids is 2. The number of hydrogen-bond acceptors (Lipinski definition) is 14. The molecule has 0 aromatic heterocycles. The van der Waals surface area contributed by atoms with Gasteiger partial charge in [0.1, 0.15) is 53.8 Å². The standard InChI is InChI=1S/C41H58N8O15/c1-20(2)13-30(41(63)64)44-32(54)17-43-40(62)34(21(3)4)49-39(61)31(19-51)48-38(60)29(16-33(55)56)47-37(59)28(15-23-7-11-25(53)12-8-23)46-36(58)27(45-35(57)26(42)18-50)14-22-5-9-24(52)10-6-22/h5-12,20-21,26-31,34,50-53H,13-19,42H2,1-4H3,(H,43,62)(H,44,54)(H,45,57)(H,46,58)(H,47,59)(H,48,60)(H,49,61)(H,55,56)(H,63,64)/t26-,27-,28-,29-,30-,31-,34-/m0/s1. The number of amides is 7. The summed E-state index contributed by atoms with van der Waals surface area (Å²) in [6.07, 6.45) is -1.49. The fraction of sp³-hybridized carbons (Fsp3) is 0.488. The number of aliphatic hydroxyl groups is 2.